The SMILES string of the molecule is CC1CN(C(C)/C=C(\N=CN)C(=N)c2cc(-c3cccc(C#N)c3)ccc2N)CC(C)O1. The first-order chi connectivity index (χ1) is 15.3. The Morgan fingerprint density at radius 3 is 2.56 bits per heavy atom. The number of hydrogen-bond donors (Lipinski definition) is 3. The van der Waals surface area contributed by atoms with E-state index in [-0.39, 0.29) is 24.0 Å². The van der Waals surface area contributed by atoms with Gasteiger partial charge in [-0.2, -0.15) is 5.26 Å². The van der Waals surface area contributed by atoms with Gasteiger partial charge >= 0.3 is 0 Å². The molecule has 0 radical (unpaired) electrons. The Balaban J connectivity index is 1.93. The van der Waals surface area contributed by atoms with Gasteiger partial charge in [0.1, 0.15) is 0 Å². The van der Waals surface area contributed by atoms with Gasteiger partial charge in [0.05, 0.1) is 41.6 Å². The van der Waals surface area contributed by atoms with Crippen LogP contribution in [-0.2, 0) is 4.74 Å². The summed E-state index contributed by atoms with van der Waals surface area (Å²) in [4.78, 5) is 6.59. The highest BCUT2D eigenvalue weighted by atomic mass is 16.5. The highest BCUT2D eigenvalue weighted by Crippen LogP contribution is 2.27. The predicted molar refractivity (Wildman–Crippen MR) is 130 cm³/mol. The molecule has 0 amide bonds. The average molecular weight is 431 g/mol. The van der Waals surface area contributed by atoms with Gasteiger partial charge in [-0.25, -0.2) is 4.99 Å². The third-order valence-electron chi connectivity index (χ3n) is 5.54. The van der Waals surface area contributed by atoms with E-state index in [4.69, 9.17) is 21.6 Å². The molecule has 1 heterocycles. The van der Waals surface area contributed by atoms with Crippen molar-refractivity contribution in [3.63, 3.8) is 0 Å². The zero-order valence-corrected chi connectivity index (χ0v) is 18.7. The Bertz CT molecular complexity index is 1070. The van der Waals surface area contributed by atoms with Crippen LogP contribution in [-0.4, -0.2) is 48.3 Å². The number of morpholine rings is 1. The average Bonchev–Trinajstić information content (AvgIpc) is 2.78. The summed E-state index contributed by atoms with van der Waals surface area (Å²) in [5.74, 6) is 0. The molecule has 0 saturated carbocycles. The van der Waals surface area contributed by atoms with E-state index >= 15 is 0 Å². The van der Waals surface area contributed by atoms with Crippen molar-refractivity contribution in [2.75, 3.05) is 18.8 Å². The van der Waals surface area contributed by atoms with Crippen molar-refractivity contribution in [1.82, 2.24) is 4.90 Å². The van der Waals surface area contributed by atoms with Crippen LogP contribution in [0.2, 0.25) is 0 Å². The van der Waals surface area contributed by atoms with E-state index in [1.54, 1.807) is 12.1 Å². The molecular formula is C25H30N6O. The van der Waals surface area contributed by atoms with Crippen molar-refractivity contribution >= 4 is 17.7 Å². The molecule has 0 spiro atoms. The molecule has 32 heavy (non-hydrogen) atoms. The molecule has 3 atom stereocenters. The van der Waals surface area contributed by atoms with Gasteiger partial charge in [-0.3, -0.25) is 10.3 Å². The zero-order valence-electron chi connectivity index (χ0n) is 18.7. The second-order valence-electron chi connectivity index (χ2n) is 8.15. The number of ether oxygens (including phenoxy) is 1. The lowest BCUT2D eigenvalue weighted by molar-refractivity contribution is -0.0736. The van der Waals surface area contributed by atoms with Crippen LogP contribution in [0, 0.1) is 16.7 Å². The minimum atomic E-state index is 0.0413. The van der Waals surface area contributed by atoms with E-state index in [1.165, 1.54) is 6.34 Å². The fourth-order valence-corrected chi connectivity index (χ4v) is 4.01. The summed E-state index contributed by atoms with van der Waals surface area (Å²) in [6, 6.07) is 15.1. The third kappa shape index (κ3) is 5.41. The maximum Gasteiger partial charge on any atom is 0.0991 e. The Morgan fingerprint density at radius 2 is 1.91 bits per heavy atom. The van der Waals surface area contributed by atoms with E-state index in [9.17, 15) is 5.26 Å². The van der Waals surface area contributed by atoms with E-state index in [2.05, 4.69) is 36.7 Å². The maximum absolute atomic E-state index is 9.20. The van der Waals surface area contributed by atoms with Crippen LogP contribution in [0.5, 0.6) is 0 Å². The lowest BCUT2D eigenvalue weighted by atomic mass is 9.97. The number of nitrogens with one attached hydrogen (secondary N) is 1. The molecule has 0 bridgehead atoms. The molecule has 7 nitrogen and oxygen atoms in total. The predicted octanol–water partition coefficient (Wildman–Crippen LogP) is 3.54. The molecule has 0 aliphatic carbocycles. The highest BCUT2D eigenvalue weighted by molar-refractivity contribution is 6.14. The normalized spacial score (nSPS) is 20.8. The van der Waals surface area contributed by atoms with Gasteiger partial charge in [-0.1, -0.05) is 18.2 Å². The second kappa shape index (κ2) is 10.2. The van der Waals surface area contributed by atoms with Crippen LogP contribution in [0.1, 0.15) is 31.9 Å². The number of anilines is 1. The molecule has 1 fully saturated rings. The number of nitriles is 1. The lowest BCUT2D eigenvalue weighted by Gasteiger charge is -2.38. The molecule has 166 valence electrons. The summed E-state index contributed by atoms with van der Waals surface area (Å²) in [5, 5.41) is 18.0. The number of rotatable bonds is 6. The van der Waals surface area contributed by atoms with E-state index in [0.29, 0.717) is 22.5 Å². The van der Waals surface area contributed by atoms with Crippen molar-refractivity contribution < 1.29 is 4.74 Å². The molecule has 7 heteroatoms. The minimum absolute atomic E-state index is 0.0413. The summed E-state index contributed by atoms with van der Waals surface area (Å²) in [6.45, 7) is 7.82. The quantitative estimate of drug-likeness (QED) is 0.367. The number of hydrogen-bond acceptors (Lipinski definition) is 6. The van der Waals surface area contributed by atoms with Gasteiger partial charge < -0.3 is 16.2 Å². The fraction of sp³-hybridized carbons (Fsp3) is 0.320. The van der Waals surface area contributed by atoms with Gasteiger partial charge in [0, 0.05) is 30.4 Å². The van der Waals surface area contributed by atoms with Gasteiger partial charge in [-0.15, -0.1) is 0 Å². The summed E-state index contributed by atoms with van der Waals surface area (Å²) in [7, 11) is 0. The first-order valence-corrected chi connectivity index (χ1v) is 10.7. The second-order valence-corrected chi connectivity index (χ2v) is 8.15. The number of nitrogen functional groups attached to an aromatic ring is 1. The van der Waals surface area contributed by atoms with Crippen molar-refractivity contribution in [1.29, 1.82) is 10.7 Å². The molecule has 2 aromatic carbocycles. The van der Waals surface area contributed by atoms with E-state index in [0.717, 1.165) is 24.2 Å². The highest BCUT2D eigenvalue weighted by Gasteiger charge is 2.25. The van der Waals surface area contributed by atoms with Crippen molar-refractivity contribution in [3.8, 4) is 17.2 Å². The summed E-state index contributed by atoms with van der Waals surface area (Å²) in [5.41, 5.74) is 15.9. The molecule has 3 rings (SSSR count). The minimum Gasteiger partial charge on any atom is -0.398 e. The van der Waals surface area contributed by atoms with Gasteiger partial charge in [0.15, 0.2) is 0 Å². The van der Waals surface area contributed by atoms with E-state index < -0.39 is 0 Å². The molecule has 0 aromatic heterocycles. The van der Waals surface area contributed by atoms with Crippen molar-refractivity contribution in [3.05, 3.63) is 65.4 Å². The molecule has 1 aliphatic rings. The summed E-state index contributed by atoms with van der Waals surface area (Å²) in [6.07, 6.45) is 3.44. The lowest BCUT2D eigenvalue weighted by Crippen LogP contribution is -2.48. The Labute approximate surface area is 189 Å². The largest absolute Gasteiger partial charge is 0.398 e. The molecular weight excluding hydrogens is 400 g/mol. The molecule has 1 aliphatic heterocycles. The monoisotopic (exact) mass is 430 g/mol. The molecule has 2 aromatic rings. The van der Waals surface area contributed by atoms with Gasteiger partial charge in [-0.05, 0) is 62.2 Å². The number of nitrogens with two attached hydrogens (primary N) is 2. The standard InChI is InChI=1S/C25H30N6O/c1-16(31-13-17(2)32-18(3)14-31)9-24(30-15-27)25(29)22-11-21(7-8-23(22)28)20-6-4-5-19(10-20)12-26/h4-11,15-18,29H,13-14,28H2,1-3H3,(H2,27,30)/b24-9-,29-25?. The van der Waals surface area contributed by atoms with Crippen molar-refractivity contribution in [2.24, 2.45) is 10.7 Å². The fourth-order valence-electron chi connectivity index (χ4n) is 4.01. The summed E-state index contributed by atoms with van der Waals surface area (Å²) >= 11 is 0. The smallest absolute Gasteiger partial charge is 0.0991 e. The van der Waals surface area contributed by atoms with Crippen molar-refractivity contribution in [2.45, 2.75) is 39.0 Å². The van der Waals surface area contributed by atoms with Crippen LogP contribution in [0.15, 0.2) is 59.2 Å². The maximum atomic E-state index is 9.20. The van der Waals surface area contributed by atoms with Crippen LogP contribution in [0.4, 0.5) is 5.69 Å². The Kier molecular flexibility index (Phi) is 7.41. The number of nitrogens with zero attached hydrogens (tertiary/aromatic N) is 3. The third-order valence-corrected chi connectivity index (χ3v) is 5.54. The number of benzene rings is 2. The van der Waals surface area contributed by atoms with Crippen LogP contribution in [0.3, 0.4) is 0 Å². The molecule has 3 unspecified atom stereocenters. The Morgan fingerprint density at radius 1 is 1.22 bits per heavy atom. The van der Waals surface area contributed by atoms with E-state index in [1.807, 2.05) is 36.4 Å². The van der Waals surface area contributed by atoms with Gasteiger partial charge in [0.25, 0.3) is 0 Å². The zero-order chi connectivity index (χ0) is 23.3. The summed E-state index contributed by atoms with van der Waals surface area (Å²) < 4.78 is 5.83. The number of aliphatic imine (C=N–C) groups is 1. The van der Waals surface area contributed by atoms with Crippen LogP contribution >= 0.6 is 0 Å². The number of allylic oxidation sites excluding steroid dienone is 1. The topological polar surface area (TPSA) is 125 Å². The molecule has 1 saturated heterocycles. The van der Waals surface area contributed by atoms with Crippen LogP contribution in [0.25, 0.3) is 11.1 Å². The first-order valence-electron chi connectivity index (χ1n) is 10.7. The first kappa shape index (κ1) is 23.2. The van der Waals surface area contributed by atoms with Crippen LogP contribution < -0.4 is 11.5 Å². The van der Waals surface area contributed by atoms with Gasteiger partial charge in [0.2, 0.25) is 0 Å². The Hall–Kier alpha value is -3.47. The molecule has 5 N–H and O–H groups in total.